The van der Waals surface area contributed by atoms with Crippen molar-refractivity contribution in [1.29, 1.82) is 0 Å². The molecule has 27 heavy (non-hydrogen) atoms. The van der Waals surface area contributed by atoms with Gasteiger partial charge in [0.1, 0.15) is 12.3 Å². The summed E-state index contributed by atoms with van der Waals surface area (Å²) in [5.74, 6) is 0.862. The number of piperazine rings is 1. The molecular weight excluding hydrogens is 334 g/mol. The first kappa shape index (κ1) is 17.6. The normalized spacial score (nSPS) is 15.5. The summed E-state index contributed by atoms with van der Waals surface area (Å²) in [6.45, 7) is 5.24. The first-order chi connectivity index (χ1) is 13.3. The summed E-state index contributed by atoms with van der Waals surface area (Å²) in [4.78, 5) is 1.62. The van der Waals surface area contributed by atoms with Gasteiger partial charge in [-0.25, -0.2) is 0 Å². The minimum Gasteiger partial charge on any atom is -0.496 e. The molecule has 0 radical (unpaired) electrons. The van der Waals surface area contributed by atoms with E-state index in [0.29, 0.717) is 0 Å². The van der Waals surface area contributed by atoms with Gasteiger partial charge in [-0.15, -0.1) is 0 Å². The fourth-order valence-corrected chi connectivity index (χ4v) is 3.74. The lowest BCUT2D eigenvalue weighted by atomic mass is 10.0. The van der Waals surface area contributed by atoms with Gasteiger partial charge >= 0.3 is 0 Å². The molecular formula is C23H26N3O+. The number of hydrogen-bond donors (Lipinski definition) is 1. The van der Waals surface area contributed by atoms with Crippen molar-refractivity contribution >= 4 is 17.0 Å². The van der Waals surface area contributed by atoms with Crippen molar-refractivity contribution in [3.8, 4) is 5.75 Å². The van der Waals surface area contributed by atoms with Crippen LogP contribution in [-0.4, -0.2) is 44.5 Å². The maximum absolute atomic E-state index is 5.39. The molecule has 0 saturated carbocycles. The Hall–Kier alpha value is -2.85. The Morgan fingerprint density at radius 2 is 1.70 bits per heavy atom. The van der Waals surface area contributed by atoms with Crippen LogP contribution in [0.15, 0.2) is 71.8 Å². The van der Waals surface area contributed by atoms with Crippen LogP contribution >= 0.6 is 0 Å². The van der Waals surface area contributed by atoms with Gasteiger partial charge in [-0.1, -0.05) is 54.6 Å². The molecule has 0 aliphatic carbocycles. The zero-order valence-electron chi connectivity index (χ0n) is 15.8. The van der Waals surface area contributed by atoms with E-state index >= 15 is 0 Å². The maximum Gasteiger partial charge on any atom is 0.127 e. The molecule has 138 valence electrons. The predicted molar refractivity (Wildman–Crippen MR) is 111 cm³/mol. The minimum absolute atomic E-state index is 0.862. The number of quaternary nitrogens is 1. The Morgan fingerprint density at radius 3 is 2.56 bits per heavy atom. The third-order valence-corrected chi connectivity index (χ3v) is 5.27. The van der Waals surface area contributed by atoms with E-state index in [9.17, 15) is 0 Å². The molecule has 0 aromatic heterocycles. The second-order valence-corrected chi connectivity index (χ2v) is 7.01. The lowest BCUT2D eigenvalue weighted by Crippen LogP contribution is -3.13. The molecule has 3 aromatic rings. The van der Waals surface area contributed by atoms with Crippen LogP contribution < -0.4 is 9.64 Å². The standard InChI is InChI=1S/C23H25N3O/c1-27-23-12-5-3-8-20(23)17-24-26-15-13-25(14-16-26)18-21-10-6-9-19-7-2-4-11-22(19)21/h2-12,17H,13-16,18H2,1H3/p+1/b24-17-. The molecule has 1 N–H and O–H groups in total. The van der Waals surface area contributed by atoms with Crippen LogP contribution in [-0.2, 0) is 6.54 Å². The molecule has 0 amide bonds. The Morgan fingerprint density at radius 1 is 0.963 bits per heavy atom. The van der Waals surface area contributed by atoms with Crippen molar-refractivity contribution in [2.75, 3.05) is 33.3 Å². The summed E-state index contributed by atoms with van der Waals surface area (Å²) < 4.78 is 5.39. The lowest BCUT2D eigenvalue weighted by molar-refractivity contribution is -0.918. The van der Waals surface area contributed by atoms with E-state index in [1.807, 2.05) is 30.5 Å². The van der Waals surface area contributed by atoms with Crippen molar-refractivity contribution in [3.05, 3.63) is 77.9 Å². The van der Waals surface area contributed by atoms with Crippen LogP contribution in [0.1, 0.15) is 11.1 Å². The van der Waals surface area contributed by atoms with E-state index in [-0.39, 0.29) is 0 Å². The molecule has 4 rings (SSSR count). The summed E-state index contributed by atoms with van der Waals surface area (Å²) in [6.07, 6.45) is 1.91. The summed E-state index contributed by atoms with van der Waals surface area (Å²) in [6, 6.07) is 23.3. The molecule has 1 fully saturated rings. The number of benzene rings is 3. The Kier molecular flexibility index (Phi) is 5.35. The summed E-state index contributed by atoms with van der Waals surface area (Å²) in [5, 5.41) is 9.54. The third-order valence-electron chi connectivity index (χ3n) is 5.27. The van der Waals surface area contributed by atoms with E-state index in [2.05, 4.69) is 52.6 Å². The molecule has 1 heterocycles. The van der Waals surface area contributed by atoms with Gasteiger partial charge in [-0.05, 0) is 22.9 Å². The number of para-hydroxylation sites is 1. The molecule has 0 spiro atoms. The second kappa shape index (κ2) is 8.23. The molecule has 1 aliphatic heterocycles. The zero-order chi connectivity index (χ0) is 18.5. The van der Waals surface area contributed by atoms with Gasteiger partial charge in [0.15, 0.2) is 0 Å². The smallest absolute Gasteiger partial charge is 0.127 e. The number of methoxy groups -OCH3 is 1. The van der Waals surface area contributed by atoms with Gasteiger partial charge in [0.25, 0.3) is 0 Å². The molecule has 0 unspecified atom stereocenters. The van der Waals surface area contributed by atoms with Crippen LogP contribution in [0.4, 0.5) is 0 Å². The zero-order valence-corrected chi connectivity index (χ0v) is 15.8. The molecule has 1 saturated heterocycles. The number of ether oxygens (including phenoxy) is 1. The Labute approximate surface area is 160 Å². The number of hydrazone groups is 1. The highest BCUT2D eigenvalue weighted by molar-refractivity contribution is 5.85. The largest absolute Gasteiger partial charge is 0.496 e. The molecule has 4 nitrogen and oxygen atoms in total. The molecule has 1 aliphatic rings. The SMILES string of the molecule is COc1ccccc1/C=N\N1CC[NH+](Cc2cccc3ccccc23)CC1. The third kappa shape index (κ3) is 4.12. The van der Waals surface area contributed by atoms with Crippen molar-refractivity contribution in [2.45, 2.75) is 6.54 Å². The molecule has 4 heteroatoms. The summed E-state index contributed by atoms with van der Waals surface area (Å²) in [7, 11) is 1.70. The molecule has 0 bridgehead atoms. The average molecular weight is 360 g/mol. The van der Waals surface area contributed by atoms with E-state index in [1.54, 1.807) is 12.0 Å². The van der Waals surface area contributed by atoms with Gasteiger partial charge in [0.05, 0.1) is 39.5 Å². The second-order valence-electron chi connectivity index (χ2n) is 7.01. The average Bonchev–Trinajstić information content (AvgIpc) is 2.74. The van der Waals surface area contributed by atoms with Gasteiger partial charge in [-0.2, -0.15) is 5.10 Å². The monoisotopic (exact) mass is 360 g/mol. The molecule has 0 atom stereocenters. The van der Waals surface area contributed by atoms with Crippen molar-refractivity contribution in [1.82, 2.24) is 5.01 Å². The van der Waals surface area contributed by atoms with Crippen LogP contribution in [0.2, 0.25) is 0 Å². The van der Waals surface area contributed by atoms with Crippen molar-refractivity contribution in [2.24, 2.45) is 5.10 Å². The van der Waals surface area contributed by atoms with Crippen LogP contribution in [0.25, 0.3) is 10.8 Å². The maximum atomic E-state index is 5.39. The number of fused-ring (bicyclic) bond motifs is 1. The highest BCUT2D eigenvalue weighted by Crippen LogP contribution is 2.18. The van der Waals surface area contributed by atoms with Gasteiger partial charge in [-0.3, -0.25) is 5.01 Å². The highest BCUT2D eigenvalue weighted by atomic mass is 16.5. The number of nitrogens with one attached hydrogen (secondary N) is 1. The van der Waals surface area contributed by atoms with E-state index in [0.717, 1.165) is 44.0 Å². The fraction of sp³-hybridized carbons (Fsp3) is 0.261. The van der Waals surface area contributed by atoms with E-state index in [4.69, 9.17) is 4.74 Å². The Balaban J connectivity index is 1.37. The molecule has 3 aromatic carbocycles. The van der Waals surface area contributed by atoms with E-state index in [1.165, 1.54) is 16.3 Å². The van der Waals surface area contributed by atoms with Gasteiger partial charge in [0, 0.05) is 11.1 Å². The van der Waals surface area contributed by atoms with Gasteiger partial charge < -0.3 is 9.64 Å². The van der Waals surface area contributed by atoms with Crippen molar-refractivity contribution in [3.63, 3.8) is 0 Å². The van der Waals surface area contributed by atoms with Crippen LogP contribution in [0.5, 0.6) is 5.75 Å². The highest BCUT2D eigenvalue weighted by Gasteiger charge is 2.19. The van der Waals surface area contributed by atoms with Gasteiger partial charge in [0.2, 0.25) is 0 Å². The summed E-state index contributed by atoms with van der Waals surface area (Å²) in [5.41, 5.74) is 2.46. The first-order valence-corrected chi connectivity index (χ1v) is 9.55. The number of hydrogen-bond acceptors (Lipinski definition) is 3. The quantitative estimate of drug-likeness (QED) is 0.709. The predicted octanol–water partition coefficient (Wildman–Crippen LogP) is 2.58. The first-order valence-electron chi connectivity index (χ1n) is 9.55. The van der Waals surface area contributed by atoms with Crippen LogP contribution in [0.3, 0.4) is 0 Å². The van der Waals surface area contributed by atoms with Crippen LogP contribution in [0, 0.1) is 0 Å². The number of nitrogens with zero attached hydrogens (tertiary/aromatic N) is 2. The lowest BCUT2D eigenvalue weighted by Gasteiger charge is -2.30. The summed E-state index contributed by atoms with van der Waals surface area (Å²) >= 11 is 0. The minimum atomic E-state index is 0.862. The Bertz CT molecular complexity index is 924. The fourth-order valence-electron chi connectivity index (χ4n) is 3.74. The topological polar surface area (TPSA) is 29.3 Å². The van der Waals surface area contributed by atoms with E-state index < -0.39 is 0 Å². The van der Waals surface area contributed by atoms with Crippen molar-refractivity contribution < 1.29 is 9.64 Å². The number of rotatable bonds is 5.